The molecular formula is C29H19N7O12S3-2. The maximum atomic E-state index is 13.6. The van der Waals surface area contributed by atoms with Crippen LogP contribution in [-0.4, -0.2) is 65.4 Å². The fraction of sp³-hybridized carbons (Fsp3) is 0. The molecule has 0 fully saturated rings. The van der Waals surface area contributed by atoms with Crippen LogP contribution in [0.4, 0.5) is 28.4 Å². The number of carbonyl (C=O) groups excluding carboxylic acids is 2. The second kappa shape index (κ2) is 12.4. The van der Waals surface area contributed by atoms with Crippen molar-refractivity contribution in [2.75, 3.05) is 11.1 Å². The van der Waals surface area contributed by atoms with Gasteiger partial charge < -0.3 is 25.7 Å². The number of hydrogen-bond donors (Lipinski definition) is 6. The summed E-state index contributed by atoms with van der Waals surface area (Å²) in [7, 11) is -15.2. The predicted molar refractivity (Wildman–Crippen MR) is 171 cm³/mol. The summed E-state index contributed by atoms with van der Waals surface area (Å²) in [5, 5.41) is 14.9. The highest BCUT2D eigenvalue weighted by molar-refractivity contribution is 7.86. The van der Waals surface area contributed by atoms with Crippen molar-refractivity contribution in [3.05, 3.63) is 106 Å². The number of fused-ring (bicyclic) bond motifs is 2. The average Bonchev–Trinajstić information content (AvgIpc) is 3.03. The van der Waals surface area contributed by atoms with Crippen LogP contribution in [0, 0.1) is 0 Å². The molecule has 0 saturated carbocycles. The van der Waals surface area contributed by atoms with Gasteiger partial charge in [-0.05, 0) is 36.4 Å². The molecule has 1 aliphatic carbocycles. The Kier molecular flexibility index (Phi) is 8.45. The maximum absolute atomic E-state index is 13.6. The topological polar surface area (TPSA) is 330 Å². The van der Waals surface area contributed by atoms with Crippen molar-refractivity contribution in [1.82, 2.24) is 15.0 Å². The largest absolute Gasteiger partial charge is 0.846 e. The number of benzene rings is 4. The number of para-hydroxylation sites is 1. The number of nitrogens with zero attached hydrogens (tertiary/aromatic N) is 3. The second-order valence-corrected chi connectivity index (χ2v) is 14.7. The van der Waals surface area contributed by atoms with Gasteiger partial charge in [-0.2, -0.15) is 16.8 Å². The van der Waals surface area contributed by atoms with Gasteiger partial charge in [-0.1, -0.05) is 36.4 Å². The van der Waals surface area contributed by atoms with Crippen LogP contribution >= 0.6 is 0 Å². The van der Waals surface area contributed by atoms with E-state index in [1.165, 1.54) is 36.4 Å². The van der Waals surface area contributed by atoms with E-state index in [9.17, 15) is 53.6 Å². The fourth-order valence-corrected chi connectivity index (χ4v) is 7.06. The first-order valence-corrected chi connectivity index (χ1v) is 18.1. The molecule has 0 aliphatic heterocycles. The number of nitrogens with two attached hydrogens (primary N) is 1. The van der Waals surface area contributed by atoms with Crippen LogP contribution in [0.2, 0.25) is 0 Å². The SMILES string of the molecule is Nc1c(S(=O)(=O)O)cc(Nc2ccc(N=c3[nH]c([O-])nc(=Nc4ccccc4S(=O)(=O)[O-])[nH]3)c(S(=O)(=O)O)c2)c2c1C(=O)c1ccccc1C2=O. The number of nitrogens with one attached hydrogen (secondary N) is 3. The normalized spacial score (nSPS) is 13.9. The van der Waals surface area contributed by atoms with Crippen LogP contribution in [0.25, 0.3) is 0 Å². The molecule has 262 valence electrons. The molecule has 0 spiro atoms. The molecule has 1 aromatic heterocycles. The lowest BCUT2D eigenvalue weighted by molar-refractivity contribution is -0.282. The van der Waals surface area contributed by atoms with Crippen LogP contribution in [-0.2, 0) is 30.4 Å². The molecule has 6 rings (SSSR count). The molecule has 0 saturated heterocycles. The quantitative estimate of drug-likeness (QED) is 0.0969. The lowest BCUT2D eigenvalue weighted by Gasteiger charge is -2.23. The first-order valence-electron chi connectivity index (χ1n) is 13.9. The number of anilines is 3. The summed E-state index contributed by atoms with van der Waals surface area (Å²) in [6.45, 7) is 0. The molecule has 0 radical (unpaired) electrons. The van der Waals surface area contributed by atoms with Crippen LogP contribution in [0.1, 0.15) is 31.8 Å². The Hall–Kier alpha value is -6.04. The highest BCUT2D eigenvalue weighted by Gasteiger charge is 2.36. The number of rotatable bonds is 7. The monoisotopic (exact) mass is 753 g/mol. The fourth-order valence-electron chi connectivity index (χ4n) is 5.15. The van der Waals surface area contributed by atoms with Gasteiger partial charge in [-0.25, -0.2) is 23.4 Å². The number of aromatic amines is 2. The Morgan fingerprint density at radius 1 is 0.725 bits per heavy atom. The van der Waals surface area contributed by atoms with Crippen LogP contribution in [0.3, 0.4) is 0 Å². The number of H-pyrrole nitrogens is 2. The molecule has 22 heteroatoms. The summed E-state index contributed by atoms with van der Waals surface area (Å²) in [5.74, 6) is -1.59. The first kappa shape index (κ1) is 34.8. The zero-order valence-corrected chi connectivity index (χ0v) is 27.5. The molecule has 51 heavy (non-hydrogen) atoms. The third-order valence-electron chi connectivity index (χ3n) is 7.25. The van der Waals surface area contributed by atoms with Crippen molar-refractivity contribution in [2.24, 2.45) is 9.98 Å². The number of hydrogen-bond acceptors (Lipinski definition) is 15. The molecule has 7 N–H and O–H groups in total. The van der Waals surface area contributed by atoms with E-state index >= 15 is 0 Å². The number of aromatic nitrogens is 3. The smallest absolute Gasteiger partial charge is 0.296 e. The Labute approximate surface area is 286 Å². The standard InChI is InChI=1S/C29H21N7O12S3/c30-24-21(51(46,47)48)12-18(22-23(24)26(38)15-6-2-1-5-14(15)25(22)37)31-13-9-10-17(20(11-13)50(43,44)45)33-28-34-27(35-29(39)36-28)32-16-7-3-4-8-19(16)49(40,41)42/h1-12,31H,30H2,(H,40,41,42)(H,43,44,45)(H,46,47,48)(H3,32,33,34,35,36,39)/p-2. The minimum Gasteiger partial charge on any atom is -0.846 e. The first-order chi connectivity index (χ1) is 23.8. The van der Waals surface area contributed by atoms with Crippen molar-refractivity contribution >= 4 is 70.4 Å². The number of ketones is 2. The van der Waals surface area contributed by atoms with Crippen molar-refractivity contribution in [1.29, 1.82) is 0 Å². The van der Waals surface area contributed by atoms with Gasteiger partial charge in [0.2, 0.25) is 11.2 Å². The highest BCUT2D eigenvalue weighted by atomic mass is 32.2. The van der Waals surface area contributed by atoms with E-state index in [2.05, 4.69) is 30.3 Å². The molecule has 19 nitrogen and oxygen atoms in total. The van der Waals surface area contributed by atoms with E-state index in [4.69, 9.17) is 5.73 Å². The van der Waals surface area contributed by atoms with E-state index in [0.717, 1.165) is 36.4 Å². The van der Waals surface area contributed by atoms with Crippen molar-refractivity contribution in [3.8, 4) is 6.01 Å². The zero-order valence-electron chi connectivity index (χ0n) is 25.0. The molecule has 1 heterocycles. The summed E-state index contributed by atoms with van der Waals surface area (Å²) in [6.07, 6.45) is 0. The van der Waals surface area contributed by atoms with E-state index in [0.29, 0.717) is 0 Å². The van der Waals surface area contributed by atoms with Crippen molar-refractivity contribution in [2.45, 2.75) is 14.7 Å². The second-order valence-electron chi connectivity index (χ2n) is 10.5. The Bertz CT molecular complexity index is 2830. The minimum absolute atomic E-state index is 0.0448. The van der Waals surface area contributed by atoms with Gasteiger partial charge in [0.15, 0.2) is 11.6 Å². The Morgan fingerprint density at radius 3 is 1.94 bits per heavy atom. The highest BCUT2D eigenvalue weighted by Crippen LogP contribution is 2.40. The van der Waals surface area contributed by atoms with Crippen molar-refractivity contribution in [3.63, 3.8) is 0 Å². The summed E-state index contributed by atoms with van der Waals surface area (Å²) in [4.78, 5) is 40.4. The van der Waals surface area contributed by atoms with Gasteiger partial charge in [0.25, 0.3) is 20.2 Å². The van der Waals surface area contributed by atoms with Crippen molar-refractivity contribution < 1.29 is 53.6 Å². The van der Waals surface area contributed by atoms with E-state index in [1.807, 2.05) is 0 Å². The summed E-state index contributed by atoms with van der Waals surface area (Å²) in [6, 6.07) is 13.0. The summed E-state index contributed by atoms with van der Waals surface area (Å²) < 4.78 is 104. The van der Waals surface area contributed by atoms with Gasteiger partial charge in [0.1, 0.15) is 19.9 Å². The molecular weight excluding hydrogens is 735 g/mol. The van der Waals surface area contributed by atoms with Crippen LogP contribution in [0.5, 0.6) is 6.01 Å². The molecule has 0 bridgehead atoms. The molecule has 4 aromatic carbocycles. The Morgan fingerprint density at radius 2 is 1.31 bits per heavy atom. The predicted octanol–water partition coefficient (Wildman–Crippen LogP) is 0.775. The molecule has 0 amide bonds. The van der Waals surface area contributed by atoms with E-state index in [1.54, 1.807) is 0 Å². The molecule has 0 unspecified atom stereocenters. The average molecular weight is 754 g/mol. The Balaban J connectivity index is 1.49. The molecule has 5 aromatic rings. The molecule has 0 atom stereocenters. The van der Waals surface area contributed by atoms with Gasteiger partial charge >= 0.3 is 0 Å². The summed E-state index contributed by atoms with van der Waals surface area (Å²) in [5.41, 5.74) is 1.68. The third kappa shape index (κ3) is 6.77. The summed E-state index contributed by atoms with van der Waals surface area (Å²) >= 11 is 0. The number of nitrogen functional groups attached to an aromatic ring is 1. The number of carbonyl (C=O) groups is 2. The lowest BCUT2D eigenvalue weighted by Crippen LogP contribution is -2.28. The lowest BCUT2D eigenvalue weighted by atomic mass is 9.82. The molecule has 1 aliphatic rings. The van der Waals surface area contributed by atoms with Crippen LogP contribution in [0.15, 0.2) is 97.5 Å². The van der Waals surface area contributed by atoms with Gasteiger partial charge in [0, 0.05) is 16.8 Å². The van der Waals surface area contributed by atoms with Gasteiger partial charge in [-0.15, -0.1) is 0 Å². The van der Waals surface area contributed by atoms with Gasteiger partial charge in [0.05, 0.1) is 44.8 Å². The van der Waals surface area contributed by atoms with Crippen LogP contribution < -0.4 is 27.4 Å². The van der Waals surface area contributed by atoms with Gasteiger partial charge in [-0.3, -0.25) is 23.7 Å². The minimum atomic E-state index is -5.13. The zero-order chi connectivity index (χ0) is 37.0. The van der Waals surface area contributed by atoms with E-state index in [-0.39, 0.29) is 28.2 Å². The van der Waals surface area contributed by atoms with E-state index < -0.39 is 96.4 Å². The maximum Gasteiger partial charge on any atom is 0.296 e. The third-order valence-corrected chi connectivity index (χ3v) is 9.91.